The molecule has 1 heterocycles. The Balaban J connectivity index is 2.39. The Kier molecular flexibility index (Phi) is 2.33. The summed E-state index contributed by atoms with van der Waals surface area (Å²) in [6.07, 6.45) is 1.65. The van der Waals surface area contributed by atoms with E-state index in [0.717, 1.165) is 5.56 Å². The Hall–Kier alpha value is -1.61. The predicted molar refractivity (Wildman–Crippen MR) is 51.7 cm³/mol. The number of hydrogen-bond acceptors (Lipinski definition) is 3. The summed E-state index contributed by atoms with van der Waals surface area (Å²) >= 11 is 5.72. The lowest BCUT2D eigenvalue weighted by molar-refractivity contribution is 0.429. The molecule has 0 aliphatic rings. The molecule has 0 aliphatic heterocycles. The Bertz CT molecular complexity index is 447. The van der Waals surface area contributed by atoms with E-state index in [2.05, 4.69) is 5.16 Å². The van der Waals surface area contributed by atoms with E-state index >= 15 is 0 Å². The Morgan fingerprint density at radius 1 is 1.29 bits per heavy atom. The smallest absolute Gasteiger partial charge is 0.257 e. The van der Waals surface area contributed by atoms with Crippen LogP contribution < -0.4 is 0 Å². The van der Waals surface area contributed by atoms with Crippen molar-refractivity contribution in [2.24, 2.45) is 0 Å². The minimum absolute atomic E-state index is 0.162. The molecule has 0 N–H and O–H groups in total. The number of aromatic nitrogens is 1. The van der Waals surface area contributed by atoms with Crippen molar-refractivity contribution in [3.8, 4) is 11.3 Å². The van der Waals surface area contributed by atoms with Crippen LogP contribution in [0.25, 0.3) is 11.3 Å². The van der Waals surface area contributed by atoms with E-state index in [1.165, 1.54) is 6.07 Å². The largest absolute Gasteiger partial charge is 0.356 e. The van der Waals surface area contributed by atoms with Crippen molar-refractivity contribution in [1.29, 1.82) is 0 Å². The summed E-state index contributed by atoms with van der Waals surface area (Å²) in [4.78, 5) is 10.2. The quantitative estimate of drug-likeness (QED) is 0.758. The molecule has 2 aromatic rings. The molecule has 3 nitrogen and oxygen atoms in total. The van der Waals surface area contributed by atoms with Crippen LogP contribution in [0.4, 0.5) is 0 Å². The van der Waals surface area contributed by atoms with Gasteiger partial charge in [0, 0.05) is 16.7 Å². The summed E-state index contributed by atoms with van der Waals surface area (Å²) in [7, 11) is 0. The van der Waals surface area contributed by atoms with Crippen LogP contribution in [0.15, 0.2) is 34.9 Å². The molecule has 1 aromatic heterocycles. The van der Waals surface area contributed by atoms with Crippen LogP contribution >= 0.6 is 11.6 Å². The molecule has 69 valence electrons. The molecule has 0 saturated heterocycles. The first-order chi connectivity index (χ1) is 6.79. The molecule has 2 rings (SSSR count). The van der Waals surface area contributed by atoms with Crippen molar-refractivity contribution in [1.82, 2.24) is 5.16 Å². The van der Waals surface area contributed by atoms with Crippen molar-refractivity contribution < 1.29 is 9.32 Å². The van der Waals surface area contributed by atoms with Gasteiger partial charge < -0.3 is 4.52 Å². The fourth-order valence-corrected chi connectivity index (χ4v) is 1.20. The molecule has 0 atom stereocenters. The maximum absolute atomic E-state index is 10.2. The second kappa shape index (κ2) is 3.64. The van der Waals surface area contributed by atoms with Crippen LogP contribution in [0.5, 0.6) is 0 Å². The van der Waals surface area contributed by atoms with Gasteiger partial charge in [0.15, 0.2) is 11.5 Å². The zero-order chi connectivity index (χ0) is 9.97. The topological polar surface area (TPSA) is 43.1 Å². The molecule has 4 heteroatoms. The van der Waals surface area contributed by atoms with Crippen LogP contribution in [-0.2, 0) is 4.79 Å². The maximum Gasteiger partial charge on any atom is 0.257 e. The molecule has 1 radical (unpaired) electrons. The molecule has 0 unspecified atom stereocenters. The number of rotatable bonds is 2. The number of carbonyl (C=O) groups excluding carboxylic acids is 1. The minimum atomic E-state index is 0.162. The fourth-order valence-electron chi connectivity index (χ4n) is 1.07. The van der Waals surface area contributed by atoms with Gasteiger partial charge in [-0.1, -0.05) is 16.8 Å². The molecular formula is C10H5ClNO2. The highest BCUT2D eigenvalue weighted by Gasteiger charge is 2.05. The zero-order valence-corrected chi connectivity index (χ0v) is 7.78. The van der Waals surface area contributed by atoms with Crippen molar-refractivity contribution in [2.45, 2.75) is 0 Å². The molecule has 0 fully saturated rings. The van der Waals surface area contributed by atoms with Gasteiger partial charge in [-0.25, -0.2) is 0 Å². The Labute approximate surface area is 85.3 Å². The summed E-state index contributed by atoms with van der Waals surface area (Å²) < 4.78 is 4.93. The molecule has 0 amide bonds. The van der Waals surface area contributed by atoms with Gasteiger partial charge in [0.05, 0.1) is 0 Å². The SMILES string of the molecule is O=[C]c1cc(-c2ccc(Cl)cc2)on1. The van der Waals surface area contributed by atoms with E-state index in [1.807, 2.05) is 0 Å². The van der Waals surface area contributed by atoms with Gasteiger partial charge in [-0.15, -0.1) is 0 Å². The maximum atomic E-state index is 10.2. The third-order valence-corrected chi connectivity index (χ3v) is 2.00. The van der Waals surface area contributed by atoms with Crippen LogP contribution in [0.1, 0.15) is 5.69 Å². The van der Waals surface area contributed by atoms with Gasteiger partial charge in [-0.3, -0.25) is 4.79 Å². The highest BCUT2D eigenvalue weighted by Crippen LogP contribution is 2.21. The summed E-state index contributed by atoms with van der Waals surface area (Å²) in [6.45, 7) is 0. The minimum Gasteiger partial charge on any atom is -0.356 e. The normalized spacial score (nSPS) is 10.1. The van der Waals surface area contributed by atoms with E-state index in [-0.39, 0.29) is 5.69 Å². The first-order valence-electron chi connectivity index (χ1n) is 3.90. The lowest BCUT2D eigenvalue weighted by atomic mass is 10.2. The van der Waals surface area contributed by atoms with Gasteiger partial charge in [-0.05, 0) is 24.3 Å². The first kappa shape index (κ1) is 8.97. The molecule has 1 aromatic carbocycles. The van der Waals surface area contributed by atoms with Gasteiger partial charge in [0.25, 0.3) is 6.29 Å². The summed E-state index contributed by atoms with van der Waals surface area (Å²) in [5.41, 5.74) is 0.985. The van der Waals surface area contributed by atoms with Crippen LogP contribution in [0, 0.1) is 0 Å². The van der Waals surface area contributed by atoms with E-state index in [9.17, 15) is 4.79 Å². The second-order valence-electron chi connectivity index (χ2n) is 2.69. The van der Waals surface area contributed by atoms with E-state index in [4.69, 9.17) is 16.1 Å². The molecular weight excluding hydrogens is 202 g/mol. The molecule has 14 heavy (non-hydrogen) atoms. The van der Waals surface area contributed by atoms with Crippen molar-refractivity contribution in [3.63, 3.8) is 0 Å². The number of benzene rings is 1. The Morgan fingerprint density at radius 3 is 2.57 bits per heavy atom. The zero-order valence-electron chi connectivity index (χ0n) is 7.03. The highest BCUT2D eigenvalue weighted by molar-refractivity contribution is 6.30. The number of halogens is 1. The van der Waals surface area contributed by atoms with E-state index in [0.29, 0.717) is 10.8 Å². The molecule has 0 saturated carbocycles. The summed E-state index contributed by atoms with van der Waals surface area (Å²) in [5.74, 6) is 0.528. The van der Waals surface area contributed by atoms with Crippen molar-refractivity contribution in [2.75, 3.05) is 0 Å². The average Bonchev–Trinajstić information content (AvgIpc) is 2.67. The van der Waals surface area contributed by atoms with Gasteiger partial charge >= 0.3 is 0 Å². The molecule has 0 spiro atoms. The van der Waals surface area contributed by atoms with E-state index < -0.39 is 0 Å². The van der Waals surface area contributed by atoms with Crippen molar-refractivity contribution >= 4 is 17.9 Å². The lowest BCUT2D eigenvalue weighted by Gasteiger charge is -1.93. The van der Waals surface area contributed by atoms with Crippen LogP contribution in [-0.4, -0.2) is 11.4 Å². The average molecular weight is 207 g/mol. The highest BCUT2D eigenvalue weighted by atomic mass is 35.5. The van der Waals surface area contributed by atoms with Crippen molar-refractivity contribution in [3.05, 3.63) is 41.0 Å². The van der Waals surface area contributed by atoms with Gasteiger partial charge in [-0.2, -0.15) is 0 Å². The summed E-state index contributed by atoms with van der Waals surface area (Å²) in [6, 6.07) is 8.58. The predicted octanol–water partition coefficient (Wildman–Crippen LogP) is 2.45. The first-order valence-corrected chi connectivity index (χ1v) is 4.28. The van der Waals surface area contributed by atoms with Gasteiger partial charge in [0.1, 0.15) is 0 Å². The summed E-state index contributed by atoms with van der Waals surface area (Å²) in [5, 5.41) is 4.15. The fraction of sp³-hybridized carbons (Fsp3) is 0. The monoisotopic (exact) mass is 206 g/mol. The lowest BCUT2D eigenvalue weighted by Crippen LogP contribution is -1.74. The number of hydrogen-bond donors (Lipinski definition) is 0. The Morgan fingerprint density at radius 2 is 2.00 bits per heavy atom. The molecule has 0 aliphatic carbocycles. The third-order valence-electron chi connectivity index (χ3n) is 1.74. The standard InChI is InChI=1S/C10H5ClNO2/c11-8-3-1-7(2-4-8)10-5-9(6-13)12-14-10/h1-5H. The van der Waals surface area contributed by atoms with Gasteiger partial charge in [0.2, 0.25) is 0 Å². The third kappa shape index (κ3) is 1.67. The molecule has 0 bridgehead atoms. The van der Waals surface area contributed by atoms with Crippen LogP contribution in [0.2, 0.25) is 5.02 Å². The van der Waals surface area contributed by atoms with Crippen LogP contribution in [0.3, 0.4) is 0 Å². The number of nitrogens with zero attached hydrogens (tertiary/aromatic N) is 1. The van der Waals surface area contributed by atoms with E-state index in [1.54, 1.807) is 30.6 Å². The second-order valence-corrected chi connectivity index (χ2v) is 3.12.